The summed E-state index contributed by atoms with van der Waals surface area (Å²) in [6.45, 7) is 3.81. The summed E-state index contributed by atoms with van der Waals surface area (Å²) in [5, 5.41) is 0. The molecule has 0 aliphatic heterocycles. The van der Waals surface area contributed by atoms with Crippen LogP contribution < -0.4 is 4.74 Å². The zero-order valence-electron chi connectivity index (χ0n) is 8.70. The quantitative estimate of drug-likeness (QED) is 0.541. The summed E-state index contributed by atoms with van der Waals surface area (Å²) in [6.07, 6.45) is 1.63. The van der Waals surface area contributed by atoms with E-state index >= 15 is 0 Å². The molecule has 0 saturated heterocycles. The van der Waals surface area contributed by atoms with Gasteiger partial charge in [-0.25, -0.2) is 0 Å². The van der Waals surface area contributed by atoms with E-state index in [1.165, 1.54) is 0 Å². The summed E-state index contributed by atoms with van der Waals surface area (Å²) in [5.41, 5.74) is 1.69. The minimum absolute atomic E-state index is 0.0349. The van der Waals surface area contributed by atoms with Gasteiger partial charge in [0.15, 0.2) is 5.78 Å². The molecule has 0 radical (unpaired) electrons. The van der Waals surface area contributed by atoms with Crippen LogP contribution in [-0.2, 0) is 0 Å². The highest BCUT2D eigenvalue weighted by molar-refractivity contribution is 6.04. The molecule has 0 unspecified atom stereocenters. The van der Waals surface area contributed by atoms with Crippen molar-refractivity contribution in [1.29, 1.82) is 0 Å². The number of ether oxygens (including phenoxy) is 1. The Labute approximate surface area is 84.2 Å². The summed E-state index contributed by atoms with van der Waals surface area (Å²) in [6, 6.07) is 7.10. The van der Waals surface area contributed by atoms with Gasteiger partial charge in [-0.3, -0.25) is 4.79 Å². The summed E-state index contributed by atoms with van der Waals surface area (Å²) in [7, 11) is 1.60. The molecule has 0 aromatic heterocycles. The number of benzene rings is 1. The van der Waals surface area contributed by atoms with Crippen LogP contribution in [0.2, 0.25) is 0 Å². The van der Waals surface area contributed by atoms with Crippen LogP contribution in [0.25, 0.3) is 0 Å². The topological polar surface area (TPSA) is 26.3 Å². The number of allylic oxidation sites excluding steroid dienone is 2. The Morgan fingerprint density at radius 2 is 1.79 bits per heavy atom. The Balaban J connectivity index is 2.87. The molecular weight excluding hydrogens is 176 g/mol. The number of carbonyl (C=O) groups excluding carboxylic acids is 1. The van der Waals surface area contributed by atoms with Crippen molar-refractivity contribution in [2.45, 2.75) is 13.8 Å². The van der Waals surface area contributed by atoms with E-state index in [1.807, 2.05) is 13.8 Å². The average Bonchev–Trinajstić information content (AvgIpc) is 2.17. The van der Waals surface area contributed by atoms with E-state index in [1.54, 1.807) is 37.5 Å². The summed E-state index contributed by atoms with van der Waals surface area (Å²) < 4.78 is 5.00. The molecule has 0 aliphatic carbocycles. The third kappa shape index (κ3) is 2.73. The van der Waals surface area contributed by atoms with Gasteiger partial charge in [-0.1, -0.05) is 5.57 Å². The van der Waals surface area contributed by atoms with Crippen molar-refractivity contribution in [3.63, 3.8) is 0 Å². The summed E-state index contributed by atoms with van der Waals surface area (Å²) in [5.74, 6) is 0.798. The highest BCUT2D eigenvalue weighted by Gasteiger charge is 2.01. The fourth-order valence-corrected chi connectivity index (χ4v) is 1.10. The Morgan fingerprint density at radius 3 is 2.21 bits per heavy atom. The van der Waals surface area contributed by atoms with Crippen LogP contribution >= 0.6 is 0 Å². The second kappa shape index (κ2) is 4.61. The molecule has 0 saturated carbocycles. The first-order valence-corrected chi connectivity index (χ1v) is 4.47. The predicted octanol–water partition coefficient (Wildman–Crippen LogP) is 2.84. The van der Waals surface area contributed by atoms with Gasteiger partial charge >= 0.3 is 0 Å². The predicted molar refractivity (Wildman–Crippen MR) is 56.8 cm³/mol. The standard InChI is InChI=1S/C12H14O2/c1-9(2)8-12(13)10-4-6-11(14-3)7-5-10/h4-8H,1-3H3. The molecule has 0 bridgehead atoms. The van der Waals surface area contributed by atoms with Crippen LogP contribution in [0.5, 0.6) is 5.75 Å². The number of carbonyl (C=O) groups is 1. The zero-order chi connectivity index (χ0) is 10.6. The van der Waals surface area contributed by atoms with Crippen LogP contribution in [0.3, 0.4) is 0 Å². The number of methoxy groups -OCH3 is 1. The Morgan fingerprint density at radius 1 is 1.21 bits per heavy atom. The van der Waals surface area contributed by atoms with E-state index in [0.29, 0.717) is 5.56 Å². The maximum Gasteiger partial charge on any atom is 0.185 e. The van der Waals surface area contributed by atoms with Gasteiger partial charge in [0.2, 0.25) is 0 Å². The molecule has 74 valence electrons. The van der Waals surface area contributed by atoms with Gasteiger partial charge in [-0.2, -0.15) is 0 Å². The Kier molecular flexibility index (Phi) is 3.46. The van der Waals surface area contributed by atoms with Crippen LogP contribution in [0.1, 0.15) is 24.2 Å². The van der Waals surface area contributed by atoms with Crippen molar-refractivity contribution >= 4 is 5.78 Å². The SMILES string of the molecule is COc1ccc(C(=O)C=C(C)C)cc1. The van der Waals surface area contributed by atoms with Gasteiger partial charge in [0.1, 0.15) is 5.75 Å². The normalized spacial score (nSPS) is 9.36. The third-order valence-corrected chi connectivity index (χ3v) is 1.79. The Bertz CT molecular complexity index is 343. The van der Waals surface area contributed by atoms with Crippen molar-refractivity contribution < 1.29 is 9.53 Å². The fourth-order valence-electron chi connectivity index (χ4n) is 1.10. The molecule has 1 aromatic rings. The highest BCUT2D eigenvalue weighted by Crippen LogP contribution is 2.12. The first-order chi connectivity index (χ1) is 6.63. The lowest BCUT2D eigenvalue weighted by Crippen LogP contribution is -1.94. The highest BCUT2D eigenvalue weighted by atomic mass is 16.5. The first kappa shape index (κ1) is 10.5. The van der Waals surface area contributed by atoms with Crippen molar-refractivity contribution in [3.05, 3.63) is 41.5 Å². The molecule has 14 heavy (non-hydrogen) atoms. The number of rotatable bonds is 3. The molecule has 0 aliphatic rings. The smallest absolute Gasteiger partial charge is 0.185 e. The molecule has 0 amide bonds. The van der Waals surface area contributed by atoms with E-state index in [0.717, 1.165) is 11.3 Å². The second-order valence-corrected chi connectivity index (χ2v) is 3.31. The van der Waals surface area contributed by atoms with Gasteiger partial charge in [-0.15, -0.1) is 0 Å². The van der Waals surface area contributed by atoms with Crippen LogP contribution in [0, 0.1) is 0 Å². The Hall–Kier alpha value is -1.57. The molecule has 2 heteroatoms. The van der Waals surface area contributed by atoms with Gasteiger partial charge in [0.25, 0.3) is 0 Å². The third-order valence-electron chi connectivity index (χ3n) is 1.79. The molecule has 0 atom stereocenters. The van der Waals surface area contributed by atoms with E-state index in [9.17, 15) is 4.79 Å². The molecule has 1 aromatic carbocycles. The molecule has 0 N–H and O–H groups in total. The molecule has 1 rings (SSSR count). The second-order valence-electron chi connectivity index (χ2n) is 3.31. The van der Waals surface area contributed by atoms with Gasteiger partial charge < -0.3 is 4.74 Å². The monoisotopic (exact) mass is 190 g/mol. The van der Waals surface area contributed by atoms with Crippen LogP contribution in [-0.4, -0.2) is 12.9 Å². The minimum atomic E-state index is 0.0349. The lowest BCUT2D eigenvalue weighted by atomic mass is 10.1. The van der Waals surface area contributed by atoms with E-state index in [-0.39, 0.29) is 5.78 Å². The largest absolute Gasteiger partial charge is 0.497 e. The molecular formula is C12H14O2. The maximum atomic E-state index is 11.5. The van der Waals surface area contributed by atoms with Crippen molar-refractivity contribution in [2.75, 3.05) is 7.11 Å². The molecule has 0 heterocycles. The van der Waals surface area contributed by atoms with Crippen molar-refractivity contribution in [1.82, 2.24) is 0 Å². The van der Waals surface area contributed by atoms with Crippen molar-refractivity contribution in [3.8, 4) is 5.75 Å². The summed E-state index contributed by atoms with van der Waals surface area (Å²) >= 11 is 0. The number of ketones is 1. The fraction of sp³-hybridized carbons (Fsp3) is 0.250. The first-order valence-electron chi connectivity index (χ1n) is 4.47. The average molecular weight is 190 g/mol. The van der Waals surface area contributed by atoms with Gasteiger partial charge in [-0.05, 0) is 44.2 Å². The van der Waals surface area contributed by atoms with Crippen molar-refractivity contribution in [2.24, 2.45) is 0 Å². The van der Waals surface area contributed by atoms with Gasteiger partial charge in [0.05, 0.1) is 7.11 Å². The summed E-state index contributed by atoms with van der Waals surface area (Å²) in [4.78, 5) is 11.5. The number of hydrogen-bond donors (Lipinski definition) is 0. The lowest BCUT2D eigenvalue weighted by Gasteiger charge is -2.00. The zero-order valence-corrected chi connectivity index (χ0v) is 8.70. The molecule has 0 spiro atoms. The van der Waals surface area contributed by atoms with E-state index in [4.69, 9.17) is 4.74 Å². The van der Waals surface area contributed by atoms with Crippen LogP contribution in [0.4, 0.5) is 0 Å². The number of hydrogen-bond acceptors (Lipinski definition) is 2. The van der Waals surface area contributed by atoms with Gasteiger partial charge in [0, 0.05) is 5.56 Å². The van der Waals surface area contributed by atoms with Crippen LogP contribution in [0.15, 0.2) is 35.9 Å². The lowest BCUT2D eigenvalue weighted by molar-refractivity contribution is 0.104. The maximum absolute atomic E-state index is 11.5. The van der Waals surface area contributed by atoms with E-state index in [2.05, 4.69) is 0 Å². The molecule has 2 nitrogen and oxygen atoms in total. The minimum Gasteiger partial charge on any atom is -0.497 e. The molecule has 0 fully saturated rings. The van der Waals surface area contributed by atoms with E-state index < -0.39 is 0 Å².